The Bertz CT molecular complexity index is 743. The molecule has 26 heavy (non-hydrogen) atoms. The number of carbonyl (C=O) groups excluding carboxylic acids is 1. The van der Waals surface area contributed by atoms with E-state index >= 15 is 0 Å². The van der Waals surface area contributed by atoms with E-state index in [2.05, 4.69) is 20.2 Å². The average Bonchev–Trinajstić information content (AvgIpc) is 2.68. The van der Waals surface area contributed by atoms with Crippen molar-refractivity contribution in [1.29, 1.82) is 0 Å². The summed E-state index contributed by atoms with van der Waals surface area (Å²) in [7, 11) is 1.64. The maximum Gasteiger partial charge on any atom is 0.270 e. The Morgan fingerprint density at radius 1 is 1.23 bits per heavy atom. The van der Waals surface area contributed by atoms with Gasteiger partial charge in [0.25, 0.3) is 5.91 Å². The van der Waals surface area contributed by atoms with Crippen molar-refractivity contribution < 1.29 is 14.3 Å². The highest BCUT2D eigenvalue weighted by Crippen LogP contribution is 2.15. The van der Waals surface area contributed by atoms with E-state index in [0.29, 0.717) is 31.3 Å². The molecular weight excluding hydrogens is 332 g/mol. The molecule has 2 aromatic rings. The zero-order valence-corrected chi connectivity index (χ0v) is 15.2. The van der Waals surface area contributed by atoms with Crippen LogP contribution in [0.25, 0.3) is 0 Å². The first-order valence-electron chi connectivity index (χ1n) is 8.75. The van der Waals surface area contributed by atoms with Gasteiger partial charge in [-0.1, -0.05) is 12.1 Å². The van der Waals surface area contributed by atoms with Gasteiger partial charge in [0.15, 0.2) is 0 Å². The normalized spacial score (nSPS) is 14.2. The lowest BCUT2D eigenvalue weighted by Gasteiger charge is -2.28. The molecule has 3 rings (SSSR count). The highest BCUT2D eigenvalue weighted by atomic mass is 16.5. The minimum absolute atomic E-state index is 0.182. The van der Waals surface area contributed by atoms with Crippen molar-refractivity contribution in [1.82, 2.24) is 15.3 Å². The number of anilines is 1. The van der Waals surface area contributed by atoms with Gasteiger partial charge in [0.1, 0.15) is 23.1 Å². The largest absolute Gasteiger partial charge is 0.497 e. The summed E-state index contributed by atoms with van der Waals surface area (Å²) >= 11 is 0. The van der Waals surface area contributed by atoms with Crippen LogP contribution in [0.2, 0.25) is 0 Å². The molecule has 1 fully saturated rings. The molecule has 1 saturated heterocycles. The van der Waals surface area contributed by atoms with E-state index in [1.165, 1.54) is 0 Å². The molecule has 1 aromatic heterocycles. The van der Waals surface area contributed by atoms with Crippen LogP contribution in [0.15, 0.2) is 30.3 Å². The summed E-state index contributed by atoms with van der Waals surface area (Å²) in [5.74, 6) is 2.01. The van der Waals surface area contributed by atoms with Crippen LogP contribution in [0.3, 0.4) is 0 Å². The van der Waals surface area contributed by atoms with E-state index in [9.17, 15) is 4.79 Å². The maximum absolute atomic E-state index is 12.5. The maximum atomic E-state index is 12.5. The third-order valence-corrected chi connectivity index (χ3v) is 4.25. The fourth-order valence-corrected chi connectivity index (χ4v) is 2.83. The lowest BCUT2D eigenvalue weighted by Crippen LogP contribution is -2.37. The molecule has 1 N–H and O–H groups in total. The minimum Gasteiger partial charge on any atom is -0.497 e. The lowest BCUT2D eigenvalue weighted by molar-refractivity contribution is 0.0948. The molecule has 2 heterocycles. The first kappa shape index (κ1) is 18.1. The molecule has 0 radical (unpaired) electrons. The SMILES string of the molecule is COc1ccc(CCNC(=O)c2cc(N3CCOCC3)nc(C)n2)cc1. The summed E-state index contributed by atoms with van der Waals surface area (Å²) in [5, 5.41) is 2.93. The third-order valence-electron chi connectivity index (χ3n) is 4.25. The van der Waals surface area contributed by atoms with Crippen LogP contribution < -0.4 is 15.0 Å². The van der Waals surface area contributed by atoms with Crippen molar-refractivity contribution in [2.75, 3.05) is 44.9 Å². The van der Waals surface area contributed by atoms with Crippen LogP contribution in [-0.2, 0) is 11.2 Å². The predicted octanol–water partition coefficient (Wildman–Crippen LogP) is 1.60. The molecule has 0 unspecified atom stereocenters. The number of hydrogen-bond donors (Lipinski definition) is 1. The van der Waals surface area contributed by atoms with Crippen molar-refractivity contribution in [2.24, 2.45) is 0 Å². The number of nitrogens with one attached hydrogen (secondary N) is 1. The Balaban J connectivity index is 1.59. The first-order valence-corrected chi connectivity index (χ1v) is 8.75. The van der Waals surface area contributed by atoms with Crippen molar-refractivity contribution in [3.63, 3.8) is 0 Å². The Hall–Kier alpha value is -2.67. The Morgan fingerprint density at radius 2 is 1.96 bits per heavy atom. The van der Waals surface area contributed by atoms with E-state index in [0.717, 1.165) is 36.6 Å². The van der Waals surface area contributed by atoms with E-state index in [4.69, 9.17) is 9.47 Å². The number of methoxy groups -OCH3 is 1. The topological polar surface area (TPSA) is 76.6 Å². The van der Waals surface area contributed by atoms with Gasteiger partial charge in [-0.05, 0) is 31.0 Å². The molecule has 0 aliphatic carbocycles. The van der Waals surface area contributed by atoms with Crippen LogP contribution in [0.1, 0.15) is 21.9 Å². The lowest BCUT2D eigenvalue weighted by atomic mass is 10.1. The second-order valence-electron chi connectivity index (χ2n) is 6.11. The smallest absolute Gasteiger partial charge is 0.270 e. The average molecular weight is 356 g/mol. The fraction of sp³-hybridized carbons (Fsp3) is 0.421. The number of benzene rings is 1. The molecule has 0 spiro atoms. The highest BCUT2D eigenvalue weighted by molar-refractivity contribution is 5.92. The second kappa shape index (κ2) is 8.62. The van der Waals surface area contributed by atoms with Crippen molar-refractivity contribution in [3.8, 4) is 5.75 Å². The fourth-order valence-electron chi connectivity index (χ4n) is 2.83. The van der Waals surface area contributed by atoms with E-state index in [-0.39, 0.29) is 5.91 Å². The Labute approximate surface area is 153 Å². The first-order chi connectivity index (χ1) is 12.7. The molecule has 0 atom stereocenters. The highest BCUT2D eigenvalue weighted by Gasteiger charge is 2.16. The number of aromatic nitrogens is 2. The van der Waals surface area contributed by atoms with E-state index in [1.807, 2.05) is 24.3 Å². The van der Waals surface area contributed by atoms with Gasteiger partial charge in [-0.3, -0.25) is 4.79 Å². The molecular formula is C19H24N4O3. The number of carbonyl (C=O) groups is 1. The number of ether oxygens (including phenoxy) is 2. The third kappa shape index (κ3) is 4.70. The van der Waals surface area contributed by atoms with Crippen LogP contribution in [0.5, 0.6) is 5.75 Å². The van der Waals surface area contributed by atoms with Gasteiger partial charge in [0.2, 0.25) is 0 Å². The van der Waals surface area contributed by atoms with Gasteiger partial charge in [-0.15, -0.1) is 0 Å². The minimum atomic E-state index is -0.182. The van der Waals surface area contributed by atoms with Crippen molar-refractivity contribution in [3.05, 3.63) is 47.4 Å². The van der Waals surface area contributed by atoms with E-state index in [1.54, 1.807) is 20.1 Å². The summed E-state index contributed by atoms with van der Waals surface area (Å²) in [4.78, 5) is 23.3. The summed E-state index contributed by atoms with van der Waals surface area (Å²) in [6.45, 7) is 5.24. The van der Waals surface area contributed by atoms with Gasteiger partial charge in [0, 0.05) is 25.7 Å². The quantitative estimate of drug-likeness (QED) is 0.847. The molecule has 1 aliphatic rings. The molecule has 138 valence electrons. The zero-order valence-electron chi connectivity index (χ0n) is 15.2. The van der Waals surface area contributed by atoms with E-state index < -0.39 is 0 Å². The predicted molar refractivity (Wildman–Crippen MR) is 98.8 cm³/mol. The van der Waals surface area contributed by atoms with Gasteiger partial charge < -0.3 is 19.7 Å². The number of aryl methyl sites for hydroxylation is 1. The van der Waals surface area contributed by atoms with Crippen LogP contribution in [0.4, 0.5) is 5.82 Å². The number of hydrogen-bond acceptors (Lipinski definition) is 6. The summed E-state index contributed by atoms with van der Waals surface area (Å²) in [6, 6.07) is 9.58. The summed E-state index contributed by atoms with van der Waals surface area (Å²) < 4.78 is 10.5. The molecule has 7 heteroatoms. The van der Waals surface area contributed by atoms with Crippen LogP contribution in [0, 0.1) is 6.92 Å². The summed E-state index contributed by atoms with van der Waals surface area (Å²) in [6.07, 6.45) is 0.746. The summed E-state index contributed by atoms with van der Waals surface area (Å²) in [5.41, 5.74) is 1.53. The van der Waals surface area contributed by atoms with Crippen LogP contribution >= 0.6 is 0 Å². The standard InChI is InChI=1S/C19H24N4O3/c1-14-21-17(13-18(22-14)23-9-11-26-12-10-23)19(24)20-8-7-15-3-5-16(25-2)6-4-15/h3-6,13H,7-12H2,1-2H3,(H,20,24). The molecule has 1 amide bonds. The zero-order chi connectivity index (χ0) is 18.4. The van der Waals surface area contributed by atoms with Crippen molar-refractivity contribution >= 4 is 11.7 Å². The van der Waals surface area contributed by atoms with Gasteiger partial charge in [0.05, 0.1) is 20.3 Å². The molecule has 1 aromatic carbocycles. The number of amides is 1. The number of rotatable bonds is 6. The second-order valence-corrected chi connectivity index (χ2v) is 6.11. The van der Waals surface area contributed by atoms with Gasteiger partial charge in [-0.2, -0.15) is 0 Å². The molecule has 7 nitrogen and oxygen atoms in total. The van der Waals surface area contributed by atoms with Gasteiger partial charge >= 0.3 is 0 Å². The molecule has 0 saturated carbocycles. The molecule has 0 bridgehead atoms. The van der Waals surface area contributed by atoms with Crippen LogP contribution in [-0.4, -0.2) is 55.8 Å². The number of morpholine rings is 1. The monoisotopic (exact) mass is 356 g/mol. The molecule has 1 aliphatic heterocycles. The Morgan fingerprint density at radius 3 is 2.65 bits per heavy atom. The van der Waals surface area contributed by atoms with Crippen molar-refractivity contribution in [2.45, 2.75) is 13.3 Å². The number of nitrogens with zero attached hydrogens (tertiary/aromatic N) is 3. The Kier molecular flexibility index (Phi) is 6.01. The van der Waals surface area contributed by atoms with Gasteiger partial charge in [-0.25, -0.2) is 9.97 Å².